The van der Waals surface area contributed by atoms with Gasteiger partial charge in [-0.1, -0.05) is 0 Å². The number of carbonyl (C=O) groups excluding carboxylic acids is 1. The first-order valence-corrected chi connectivity index (χ1v) is 6.94. The monoisotopic (exact) mass is 269 g/mol. The van der Waals surface area contributed by atoms with Gasteiger partial charge in [0.2, 0.25) is 5.95 Å². The Kier molecular flexibility index (Phi) is 2.67. The van der Waals surface area contributed by atoms with Crippen molar-refractivity contribution in [2.24, 2.45) is 0 Å². The Morgan fingerprint density at radius 3 is 2.80 bits per heavy atom. The molecule has 2 bridgehead atoms. The first-order valence-electron chi connectivity index (χ1n) is 6.94. The second-order valence-corrected chi connectivity index (χ2v) is 5.47. The van der Waals surface area contributed by atoms with Crippen LogP contribution >= 0.6 is 0 Å². The van der Waals surface area contributed by atoms with Crippen LogP contribution in [0.25, 0.3) is 10.9 Å². The number of rotatable bonds is 2. The van der Waals surface area contributed by atoms with Crippen LogP contribution in [0.5, 0.6) is 0 Å². The fourth-order valence-electron chi connectivity index (χ4n) is 3.05. The molecule has 2 atom stereocenters. The topological polar surface area (TPSA) is 55.3 Å². The maximum atomic E-state index is 10.8. The molecule has 0 saturated carbocycles. The number of hydrogen-bond donors (Lipinski definition) is 0. The van der Waals surface area contributed by atoms with Crippen LogP contribution in [0.15, 0.2) is 24.4 Å². The van der Waals surface area contributed by atoms with Crippen molar-refractivity contribution in [3.8, 4) is 0 Å². The summed E-state index contributed by atoms with van der Waals surface area (Å²) in [7, 11) is 0. The van der Waals surface area contributed by atoms with Crippen molar-refractivity contribution in [3.05, 3.63) is 30.0 Å². The molecule has 5 nitrogen and oxygen atoms in total. The van der Waals surface area contributed by atoms with Gasteiger partial charge in [-0.25, -0.2) is 9.97 Å². The summed E-state index contributed by atoms with van der Waals surface area (Å²) in [6.07, 6.45) is 5.56. The van der Waals surface area contributed by atoms with Gasteiger partial charge >= 0.3 is 0 Å². The van der Waals surface area contributed by atoms with Crippen LogP contribution in [0.1, 0.15) is 23.2 Å². The van der Waals surface area contributed by atoms with E-state index in [0.29, 0.717) is 17.8 Å². The molecule has 0 radical (unpaired) electrons. The predicted octanol–water partition coefficient (Wildman–Crippen LogP) is 1.81. The molecule has 2 aromatic rings. The molecule has 2 aliphatic heterocycles. The largest absolute Gasteiger partial charge is 0.371 e. The summed E-state index contributed by atoms with van der Waals surface area (Å²) in [5.74, 6) is 0.761. The molecule has 2 saturated heterocycles. The van der Waals surface area contributed by atoms with Gasteiger partial charge in [0.05, 0.1) is 17.7 Å². The Morgan fingerprint density at radius 2 is 2.05 bits per heavy atom. The van der Waals surface area contributed by atoms with Crippen LogP contribution in [0.4, 0.5) is 5.95 Å². The lowest BCUT2D eigenvalue weighted by molar-refractivity contribution is 0.0299. The third kappa shape index (κ3) is 1.94. The number of hydrogen-bond acceptors (Lipinski definition) is 5. The molecule has 0 unspecified atom stereocenters. The summed E-state index contributed by atoms with van der Waals surface area (Å²) in [6.45, 7) is 1.74. The maximum Gasteiger partial charge on any atom is 0.226 e. The fraction of sp³-hybridized carbons (Fsp3) is 0.400. The molecule has 0 N–H and O–H groups in total. The van der Waals surface area contributed by atoms with Crippen molar-refractivity contribution < 1.29 is 9.53 Å². The lowest BCUT2D eigenvalue weighted by Crippen LogP contribution is -2.43. The zero-order chi connectivity index (χ0) is 13.5. The molecule has 1 aromatic heterocycles. The van der Waals surface area contributed by atoms with E-state index >= 15 is 0 Å². The highest BCUT2D eigenvalue weighted by Gasteiger charge is 2.34. The van der Waals surface area contributed by atoms with E-state index in [1.165, 1.54) is 0 Å². The Bertz CT molecular complexity index is 661. The third-order valence-electron chi connectivity index (χ3n) is 4.05. The van der Waals surface area contributed by atoms with E-state index < -0.39 is 0 Å². The summed E-state index contributed by atoms with van der Waals surface area (Å²) < 4.78 is 5.83. The quantitative estimate of drug-likeness (QED) is 0.778. The Balaban J connectivity index is 1.68. The number of anilines is 1. The average Bonchev–Trinajstić information content (AvgIpc) is 2.84. The van der Waals surface area contributed by atoms with E-state index in [4.69, 9.17) is 4.74 Å². The minimum absolute atomic E-state index is 0.325. The number of ether oxygens (including phenoxy) is 1. The van der Waals surface area contributed by atoms with Gasteiger partial charge in [-0.15, -0.1) is 0 Å². The fourth-order valence-corrected chi connectivity index (χ4v) is 3.05. The second-order valence-electron chi connectivity index (χ2n) is 5.47. The lowest BCUT2D eigenvalue weighted by Gasteiger charge is -2.32. The van der Waals surface area contributed by atoms with Crippen molar-refractivity contribution in [3.63, 3.8) is 0 Å². The van der Waals surface area contributed by atoms with Gasteiger partial charge in [0, 0.05) is 30.2 Å². The lowest BCUT2D eigenvalue weighted by atomic mass is 10.2. The first-order chi connectivity index (χ1) is 9.81. The summed E-state index contributed by atoms with van der Waals surface area (Å²) in [4.78, 5) is 22.0. The smallest absolute Gasteiger partial charge is 0.226 e. The molecule has 3 heterocycles. The van der Waals surface area contributed by atoms with E-state index in [2.05, 4.69) is 14.9 Å². The van der Waals surface area contributed by atoms with Crippen LogP contribution in [0, 0.1) is 0 Å². The van der Waals surface area contributed by atoms with E-state index in [1.54, 1.807) is 12.3 Å². The van der Waals surface area contributed by atoms with Crippen LogP contribution in [-0.2, 0) is 4.74 Å². The molecule has 2 aliphatic rings. The van der Waals surface area contributed by atoms with Crippen molar-refractivity contribution in [2.75, 3.05) is 18.0 Å². The Labute approximate surface area is 116 Å². The molecule has 0 amide bonds. The molecule has 102 valence electrons. The molecule has 1 aromatic carbocycles. The molecule has 5 heteroatoms. The molecular weight excluding hydrogens is 254 g/mol. The molecular formula is C15H15N3O2. The van der Waals surface area contributed by atoms with Crippen LogP contribution < -0.4 is 4.90 Å². The van der Waals surface area contributed by atoms with Crippen molar-refractivity contribution in [1.29, 1.82) is 0 Å². The van der Waals surface area contributed by atoms with Crippen LogP contribution in [0.3, 0.4) is 0 Å². The van der Waals surface area contributed by atoms with Gasteiger partial charge in [0.1, 0.15) is 6.29 Å². The molecule has 4 rings (SSSR count). The number of morpholine rings is 1. The van der Waals surface area contributed by atoms with E-state index in [9.17, 15) is 4.79 Å². The molecule has 20 heavy (non-hydrogen) atoms. The minimum Gasteiger partial charge on any atom is -0.371 e. The highest BCUT2D eigenvalue weighted by molar-refractivity contribution is 5.86. The highest BCUT2D eigenvalue weighted by Crippen LogP contribution is 2.28. The minimum atomic E-state index is 0.325. The van der Waals surface area contributed by atoms with Crippen molar-refractivity contribution in [2.45, 2.75) is 25.0 Å². The maximum absolute atomic E-state index is 10.8. The summed E-state index contributed by atoms with van der Waals surface area (Å²) >= 11 is 0. The first kappa shape index (κ1) is 11.8. The SMILES string of the molecule is O=Cc1ccc2nc(N3C[C@H]4CC[C@@H](C3)O4)ncc2c1. The van der Waals surface area contributed by atoms with Gasteiger partial charge in [-0.3, -0.25) is 4.79 Å². The number of benzene rings is 1. The van der Waals surface area contributed by atoms with E-state index in [-0.39, 0.29) is 0 Å². The van der Waals surface area contributed by atoms with Crippen molar-refractivity contribution >= 4 is 23.1 Å². The standard InChI is InChI=1S/C15H15N3O2/c19-9-10-1-4-14-11(5-10)6-16-15(17-14)18-7-12-2-3-13(8-18)20-12/h1,4-6,9,12-13H,2-3,7-8H2/t12-,13+. The van der Waals surface area contributed by atoms with Gasteiger partial charge < -0.3 is 9.64 Å². The number of nitrogens with zero attached hydrogens (tertiary/aromatic N) is 3. The average molecular weight is 269 g/mol. The van der Waals surface area contributed by atoms with Gasteiger partial charge in [-0.05, 0) is 31.0 Å². The van der Waals surface area contributed by atoms with Crippen LogP contribution in [0.2, 0.25) is 0 Å². The molecule has 2 fully saturated rings. The normalized spacial score (nSPS) is 25.1. The van der Waals surface area contributed by atoms with Gasteiger partial charge in [-0.2, -0.15) is 0 Å². The van der Waals surface area contributed by atoms with Gasteiger partial charge in [0.25, 0.3) is 0 Å². The third-order valence-corrected chi connectivity index (χ3v) is 4.05. The number of aromatic nitrogens is 2. The predicted molar refractivity (Wildman–Crippen MR) is 75.0 cm³/mol. The summed E-state index contributed by atoms with van der Waals surface area (Å²) in [6, 6.07) is 5.48. The second kappa shape index (κ2) is 4.52. The highest BCUT2D eigenvalue weighted by atomic mass is 16.5. The van der Waals surface area contributed by atoms with E-state index in [1.807, 2.05) is 12.1 Å². The summed E-state index contributed by atoms with van der Waals surface area (Å²) in [5.41, 5.74) is 1.53. The molecule has 0 aliphatic carbocycles. The van der Waals surface area contributed by atoms with Crippen LogP contribution in [-0.4, -0.2) is 41.6 Å². The molecule has 0 spiro atoms. The van der Waals surface area contributed by atoms with Crippen molar-refractivity contribution in [1.82, 2.24) is 9.97 Å². The number of fused-ring (bicyclic) bond motifs is 3. The Morgan fingerprint density at radius 1 is 1.25 bits per heavy atom. The zero-order valence-corrected chi connectivity index (χ0v) is 11.0. The summed E-state index contributed by atoms with van der Waals surface area (Å²) in [5, 5.41) is 0.898. The number of aldehydes is 1. The number of carbonyl (C=O) groups is 1. The van der Waals surface area contributed by atoms with E-state index in [0.717, 1.165) is 49.1 Å². The zero-order valence-electron chi connectivity index (χ0n) is 11.0. The van der Waals surface area contributed by atoms with Gasteiger partial charge in [0.15, 0.2) is 0 Å². The Hall–Kier alpha value is -2.01.